The Morgan fingerprint density at radius 3 is 3.00 bits per heavy atom. The zero-order valence-corrected chi connectivity index (χ0v) is 15.0. The van der Waals surface area contributed by atoms with Gasteiger partial charge in [-0.1, -0.05) is 24.3 Å². The van der Waals surface area contributed by atoms with Crippen LogP contribution in [0.2, 0.25) is 0 Å². The Hall–Kier alpha value is -2.82. The second-order valence-corrected chi connectivity index (χ2v) is 7.00. The number of aromatic nitrogens is 2. The molecule has 1 aromatic heterocycles. The first-order chi connectivity index (χ1) is 12.6. The Morgan fingerprint density at radius 2 is 2.15 bits per heavy atom. The van der Waals surface area contributed by atoms with Crippen molar-refractivity contribution in [3.8, 4) is 5.75 Å². The van der Waals surface area contributed by atoms with Gasteiger partial charge in [0.1, 0.15) is 11.4 Å². The summed E-state index contributed by atoms with van der Waals surface area (Å²) < 4.78 is 8.07. The Morgan fingerprint density at radius 1 is 1.27 bits per heavy atom. The van der Waals surface area contributed by atoms with E-state index in [9.17, 15) is 4.79 Å². The van der Waals surface area contributed by atoms with Gasteiger partial charge < -0.3 is 9.64 Å². The summed E-state index contributed by atoms with van der Waals surface area (Å²) in [7, 11) is 1.86. The lowest BCUT2D eigenvalue weighted by molar-refractivity contribution is -0.126. The van der Waals surface area contributed by atoms with Gasteiger partial charge in [0, 0.05) is 50.0 Å². The molecule has 0 saturated carbocycles. The lowest BCUT2D eigenvalue weighted by Gasteiger charge is -2.34. The molecule has 5 heteroatoms. The van der Waals surface area contributed by atoms with Crippen LogP contribution in [-0.2, 0) is 11.8 Å². The second-order valence-electron chi connectivity index (χ2n) is 7.00. The molecule has 0 bridgehead atoms. The number of hydrogen-bond acceptors (Lipinski definition) is 3. The zero-order valence-electron chi connectivity index (χ0n) is 15.0. The highest BCUT2D eigenvalue weighted by Crippen LogP contribution is 2.36. The standard InChI is InChI=1S/C21H23N3O2/c1-23-16-17(15-22-23)7-8-20(25)24-13-4-10-21(12-14-24)11-9-18-5-2-3-6-19(18)26-21/h2-3,5-9,11,15-16H,4,10,12-14H2,1H3/b8-7+. The van der Waals surface area contributed by atoms with Gasteiger partial charge in [-0.05, 0) is 31.1 Å². The molecule has 0 radical (unpaired) electrons. The lowest BCUT2D eigenvalue weighted by Crippen LogP contribution is -2.37. The number of hydrogen-bond donors (Lipinski definition) is 0. The monoisotopic (exact) mass is 349 g/mol. The molecule has 1 atom stereocenters. The largest absolute Gasteiger partial charge is 0.483 e. The van der Waals surface area contributed by atoms with E-state index in [4.69, 9.17) is 4.74 Å². The van der Waals surface area contributed by atoms with Crippen LogP contribution in [0.1, 0.15) is 30.4 Å². The third-order valence-corrected chi connectivity index (χ3v) is 5.09. The van der Waals surface area contributed by atoms with Gasteiger partial charge >= 0.3 is 0 Å². The number of carbonyl (C=O) groups excluding carboxylic acids is 1. The van der Waals surface area contributed by atoms with Gasteiger partial charge in [-0.2, -0.15) is 5.10 Å². The van der Waals surface area contributed by atoms with E-state index in [-0.39, 0.29) is 11.5 Å². The van der Waals surface area contributed by atoms with Crippen LogP contribution in [0.15, 0.2) is 48.8 Å². The average molecular weight is 349 g/mol. The maximum atomic E-state index is 12.6. The van der Waals surface area contributed by atoms with Crippen LogP contribution in [0.3, 0.4) is 0 Å². The highest BCUT2D eigenvalue weighted by molar-refractivity contribution is 5.91. The predicted molar refractivity (Wildman–Crippen MR) is 102 cm³/mol. The van der Waals surface area contributed by atoms with Gasteiger partial charge in [0.25, 0.3) is 0 Å². The molecule has 5 nitrogen and oxygen atoms in total. The van der Waals surface area contributed by atoms with E-state index in [0.29, 0.717) is 6.54 Å². The fraction of sp³-hybridized carbons (Fsp3) is 0.333. The highest BCUT2D eigenvalue weighted by atomic mass is 16.5. The van der Waals surface area contributed by atoms with Crippen molar-refractivity contribution < 1.29 is 9.53 Å². The number of benzene rings is 1. The van der Waals surface area contributed by atoms with E-state index in [0.717, 1.165) is 42.7 Å². The van der Waals surface area contributed by atoms with Crippen LogP contribution in [0, 0.1) is 0 Å². The molecule has 2 aromatic rings. The minimum atomic E-state index is -0.295. The minimum absolute atomic E-state index is 0.0473. The smallest absolute Gasteiger partial charge is 0.246 e. The van der Waals surface area contributed by atoms with Gasteiger partial charge in [0.15, 0.2) is 0 Å². The topological polar surface area (TPSA) is 47.4 Å². The quantitative estimate of drug-likeness (QED) is 0.782. The Labute approximate surface area is 153 Å². The SMILES string of the molecule is Cn1cc(/C=C/C(=O)N2CCCC3(C=Cc4ccccc4O3)CC2)cn1. The molecule has 2 aliphatic rings. The van der Waals surface area contributed by atoms with E-state index in [1.54, 1.807) is 17.0 Å². The van der Waals surface area contributed by atoms with Crippen molar-refractivity contribution in [3.63, 3.8) is 0 Å². The fourth-order valence-electron chi connectivity index (χ4n) is 3.62. The van der Waals surface area contributed by atoms with Crippen molar-refractivity contribution in [2.24, 2.45) is 7.05 Å². The Kier molecular flexibility index (Phi) is 4.37. The molecule has 1 spiro atoms. The number of likely N-dealkylation sites (tertiary alicyclic amines) is 1. The summed E-state index contributed by atoms with van der Waals surface area (Å²) in [6.45, 7) is 1.46. The zero-order chi connectivity index (χ0) is 18.0. The molecule has 1 aromatic carbocycles. The summed E-state index contributed by atoms with van der Waals surface area (Å²) in [5.41, 5.74) is 1.76. The summed E-state index contributed by atoms with van der Waals surface area (Å²) in [4.78, 5) is 14.5. The van der Waals surface area contributed by atoms with Gasteiger partial charge in [-0.3, -0.25) is 9.48 Å². The number of para-hydroxylation sites is 1. The van der Waals surface area contributed by atoms with E-state index in [1.165, 1.54) is 0 Å². The third kappa shape index (κ3) is 3.43. The van der Waals surface area contributed by atoms with Crippen LogP contribution in [0.25, 0.3) is 12.2 Å². The van der Waals surface area contributed by atoms with Crippen molar-refractivity contribution in [3.05, 3.63) is 59.9 Å². The normalized spacial score (nSPS) is 22.3. The summed E-state index contributed by atoms with van der Waals surface area (Å²) >= 11 is 0. The fourth-order valence-corrected chi connectivity index (χ4v) is 3.62. The minimum Gasteiger partial charge on any atom is -0.483 e. The molecular weight excluding hydrogens is 326 g/mol. The number of amides is 1. The number of ether oxygens (including phenoxy) is 1. The van der Waals surface area contributed by atoms with E-state index >= 15 is 0 Å². The molecule has 134 valence electrons. The molecule has 26 heavy (non-hydrogen) atoms. The van der Waals surface area contributed by atoms with Crippen LogP contribution < -0.4 is 4.74 Å². The lowest BCUT2D eigenvalue weighted by atomic mass is 9.91. The number of rotatable bonds is 2. The first-order valence-electron chi connectivity index (χ1n) is 9.07. The van der Waals surface area contributed by atoms with Crippen LogP contribution in [-0.4, -0.2) is 39.3 Å². The first-order valence-corrected chi connectivity index (χ1v) is 9.07. The molecule has 0 N–H and O–H groups in total. The number of carbonyl (C=O) groups is 1. The maximum absolute atomic E-state index is 12.6. The second kappa shape index (κ2) is 6.83. The molecule has 3 heterocycles. The number of nitrogens with zero attached hydrogens (tertiary/aromatic N) is 3. The summed E-state index contributed by atoms with van der Waals surface area (Å²) in [5.74, 6) is 0.984. The van der Waals surface area contributed by atoms with E-state index < -0.39 is 0 Å². The van der Waals surface area contributed by atoms with Crippen molar-refractivity contribution in [1.82, 2.24) is 14.7 Å². The average Bonchev–Trinajstić information content (AvgIpc) is 2.96. The highest BCUT2D eigenvalue weighted by Gasteiger charge is 2.35. The van der Waals surface area contributed by atoms with Crippen molar-refractivity contribution >= 4 is 18.1 Å². The van der Waals surface area contributed by atoms with Crippen LogP contribution in [0.5, 0.6) is 5.75 Å². The molecule has 1 saturated heterocycles. The third-order valence-electron chi connectivity index (χ3n) is 5.09. The molecule has 1 fully saturated rings. The van der Waals surface area contributed by atoms with Crippen LogP contribution in [0.4, 0.5) is 0 Å². The van der Waals surface area contributed by atoms with Crippen molar-refractivity contribution in [2.45, 2.75) is 24.9 Å². The molecule has 1 unspecified atom stereocenters. The van der Waals surface area contributed by atoms with Gasteiger partial charge in [0.2, 0.25) is 5.91 Å². The maximum Gasteiger partial charge on any atom is 0.246 e. The molecular formula is C21H23N3O2. The molecule has 4 rings (SSSR count). The first kappa shape index (κ1) is 16.6. The molecule has 1 amide bonds. The summed E-state index contributed by atoms with van der Waals surface area (Å²) in [6.07, 6.45) is 14.1. The molecule has 2 aliphatic heterocycles. The number of aryl methyl sites for hydroxylation is 1. The van der Waals surface area contributed by atoms with E-state index in [2.05, 4.69) is 23.3 Å². The predicted octanol–water partition coefficient (Wildman–Crippen LogP) is 3.29. The Balaban J connectivity index is 1.42. The van der Waals surface area contributed by atoms with Crippen LogP contribution >= 0.6 is 0 Å². The van der Waals surface area contributed by atoms with E-state index in [1.807, 2.05) is 42.4 Å². The van der Waals surface area contributed by atoms with Gasteiger partial charge in [-0.25, -0.2) is 0 Å². The van der Waals surface area contributed by atoms with Gasteiger partial charge in [-0.15, -0.1) is 0 Å². The molecule has 0 aliphatic carbocycles. The summed E-state index contributed by atoms with van der Waals surface area (Å²) in [6, 6.07) is 8.10. The van der Waals surface area contributed by atoms with Crippen molar-refractivity contribution in [1.29, 1.82) is 0 Å². The number of fused-ring (bicyclic) bond motifs is 1. The van der Waals surface area contributed by atoms with Crippen molar-refractivity contribution in [2.75, 3.05) is 13.1 Å². The Bertz CT molecular complexity index is 868. The summed E-state index contributed by atoms with van der Waals surface area (Å²) in [5, 5.41) is 4.11. The van der Waals surface area contributed by atoms with Gasteiger partial charge in [0.05, 0.1) is 6.20 Å².